The molecular formula is C15H26N2O4. The summed E-state index contributed by atoms with van der Waals surface area (Å²) >= 11 is 0. The van der Waals surface area contributed by atoms with Gasteiger partial charge in [0.25, 0.3) is 0 Å². The highest BCUT2D eigenvalue weighted by Crippen LogP contribution is 2.33. The fourth-order valence-corrected chi connectivity index (χ4v) is 2.82. The number of hydrogen-bond acceptors (Lipinski definition) is 3. The maximum atomic E-state index is 12.5. The first kappa shape index (κ1) is 17.5. The summed E-state index contributed by atoms with van der Waals surface area (Å²) in [4.78, 5) is 37.1. The summed E-state index contributed by atoms with van der Waals surface area (Å²) in [6.07, 6.45) is 3.50. The van der Waals surface area contributed by atoms with Crippen LogP contribution in [0.15, 0.2) is 0 Å². The fourth-order valence-electron chi connectivity index (χ4n) is 2.82. The van der Waals surface area contributed by atoms with Crippen LogP contribution >= 0.6 is 0 Å². The molecule has 0 bridgehead atoms. The fraction of sp³-hybridized carbons (Fsp3) is 0.800. The Bertz CT molecular complexity index is 384. The molecule has 0 saturated heterocycles. The Kier molecular flexibility index (Phi) is 7.19. The van der Waals surface area contributed by atoms with E-state index in [2.05, 4.69) is 5.32 Å². The Labute approximate surface area is 125 Å². The molecule has 120 valence electrons. The first-order valence-electron chi connectivity index (χ1n) is 7.79. The third kappa shape index (κ3) is 5.02. The van der Waals surface area contributed by atoms with Crippen molar-refractivity contribution in [2.24, 2.45) is 11.8 Å². The van der Waals surface area contributed by atoms with Crippen LogP contribution in [0.1, 0.15) is 46.0 Å². The summed E-state index contributed by atoms with van der Waals surface area (Å²) in [5, 5.41) is 11.9. The second-order valence-electron chi connectivity index (χ2n) is 5.59. The predicted molar refractivity (Wildman–Crippen MR) is 78.6 cm³/mol. The second kappa shape index (κ2) is 8.64. The van der Waals surface area contributed by atoms with E-state index >= 15 is 0 Å². The van der Waals surface area contributed by atoms with E-state index in [4.69, 9.17) is 0 Å². The number of rotatable bonds is 8. The molecule has 0 aromatic heterocycles. The molecule has 1 rings (SSSR count). The minimum Gasteiger partial charge on any atom is -0.481 e. The Morgan fingerprint density at radius 1 is 1.14 bits per heavy atom. The lowest BCUT2D eigenvalue weighted by Gasteiger charge is -2.26. The van der Waals surface area contributed by atoms with Gasteiger partial charge < -0.3 is 15.3 Å². The lowest BCUT2D eigenvalue weighted by molar-refractivity contribution is -0.149. The lowest BCUT2D eigenvalue weighted by atomic mass is 9.94. The molecule has 1 saturated carbocycles. The van der Waals surface area contributed by atoms with Crippen LogP contribution < -0.4 is 5.32 Å². The van der Waals surface area contributed by atoms with Crippen molar-refractivity contribution in [2.45, 2.75) is 46.0 Å². The van der Waals surface area contributed by atoms with Gasteiger partial charge in [0.05, 0.1) is 18.4 Å². The molecule has 21 heavy (non-hydrogen) atoms. The molecule has 1 aliphatic rings. The van der Waals surface area contributed by atoms with Crippen molar-refractivity contribution in [3.63, 3.8) is 0 Å². The molecule has 0 spiro atoms. The highest BCUT2D eigenvalue weighted by atomic mass is 16.4. The van der Waals surface area contributed by atoms with Crippen molar-refractivity contribution in [1.82, 2.24) is 10.2 Å². The van der Waals surface area contributed by atoms with Crippen molar-refractivity contribution >= 4 is 17.8 Å². The Morgan fingerprint density at radius 3 is 2.38 bits per heavy atom. The van der Waals surface area contributed by atoms with E-state index in [0.717, 1.165) is 19.3 Å². The van der Waals surface area contributed by atoms with Crippen molar-refractivity contribution in [3.8, 4) is 0 Å². The zero-order chi connectivity index (χ0) is 15.8. The smallest absolute Gasteiger partial charge is 0.307 e. The summed E-state index contributed by atoms with van der Waals surface area (Å²) in [5.41, 5.74) is 0. The highest BCUT2D eigenvalue weighted by molar-refractivity contribution is 5.89. The van der Waals surface area contributed by atoms with E-state index in [0.29, 0.717) is 25.9 Å². The number of carbonyl (C=O) groups excluding carboxylic acids is 2. The minimum atomic E-state index is -0.905. The molecule has 1 aliphatic carbocycles. The summed E-state index contributed by atoms with van der Waals surface area (Å²) in [7, 11) is 0. The normalized spacial score (nSPS) is 21.0. The number of carboxylic acid groups (broad SMARTS) is 1. The molecule has 6 heteroatoms. The summed E-state index contributed by atoms with van der Waals surface area (Å²) in [6.45, 7) is 5.00. The van der Waals surface area contributed by atoms with Crippen LogP contribution in [0.4, 0.5) is 0 Å². The van der Waals surface area contributed by atoms with Gasteiger partial charge in [-0.15, -0.1) is 0 Å². The molecular weight excluding hydrogens is 272 g/mol. The summed E-state index contributed by atoms with van der Waals surface area (Å²) < 4.78 is 0. The molecule has 0 aromatic carbocycles. The van der Waals surface area contributed by atoms with E-state index in [9.17, 15) is 19.5 Å². The van der Waals surface area contributed by atoms with Crippen LogP contribution in [0, 0.1) is 11.8 Å². The third-order valence-corrected chi connectivity index (χ3v) is 3.86. The summed E-state index contributed by atoms with van der Waals surface area (Å²) in [5.74, 6) is -2.35. The van der Waals surface area contributed by atoms with E-state index in [-0.39, 0.29) is 18.4 Å². The zero-order valence-electron chi connectivity index (χ0n) is 12.9. The summed E-state index contributed by atoms with van der Waals surface area (Å²) in [6, 6.07) is 0. The van der Waals surface area contributed by atoms with E-state index in [1.807, 2.05) is 13.8 Å². The van der Waals surface area contributed by atoms with Crippen molar-refractivity contribution < 1.29 is 19.5 Å². The molecule has 2 atom stereocenters. The van der Waals surface area contributed by atoms with Gasteiger partial charge in [0.15, 0.2) is 0 Å². The number of carbonyl (C=O) groups is 3. The quantitative estimate of drug-likeness (QED) is 0.706. The predicted octanol–water partition coefficient (Wildman–Crippen LogP) is 1.25. The van der Waals surface area contributed by atoms with Crippen molar-refractivity contribution in [2.75, 3.05) is 19.6 Å². The number of hydrogen-bond donors (Lipinski definition) is 2. The van der Waals surface area contributed by atoms with Crippen LogP contribution in [-0.2, 0) is 14.4 Å². The van der Waals surface area contributed by atoms with Gasteiger partial charge in [0, 0.05) is 13.1 Å². The maximum Gasteiger partial charge on any atom is 0.307 e. The van der Waals surface area contributed by atoms with Crippen LogP contribution in [-0.4, -0.2) is 47.4 Å². The average molecular weight is 298 g/mol. The van der Waals surface area contributed by atoms with E-state index in [1.165, 1.54) is 4.90 Å². The van der Waals surface area contributed by atoms with Crippen molar-refractivity contribution in [3.05, 3.63) is 0 Å². The average Bonchev–Trinajstić information content (AvgIpc) is 2.93. The second-order valence-corrected chi connectivity index (χ2v) is 5.59. The highest BCUT2D eigenvalue weighted by Gasteiger charge is 2.39. The first-order valence-corrected chi connectivity index (χ1v) is 7.79. The molecule has 2 N–H and O–H groups in total. The Balaban J connectivity index is 2.68. The number of nitrogens with zero attached hydrogens (tertiary/aromatic N) is 1. The molecule has 0 unspecified atom stereocenters. The number of amides is 2. The van der Waals surface area contributed by atoms with E-state index < -0.39 is 17.8 Å². The van der Waals surface area contributed by atoms with Crippen molar-refractivity contribution in [1.29, 1.82) is 0 Å². The molecule has 1 fully saturated rings. The monoisotopic (exact) mass is 298 g/mol. The molecule has 0 heterocycles. The lowest BCUT2D eigenvalue weighted by Crippen LogP contribution is -2.45. The van der Waals surface area contributed by atoms with Gasteiger partial charge in [-0.1, -0.05) is 20.3 Å². The topological polar surface area (TPSA) is 86.7 Å². The van der Waals surface area contributed by atoms with E-state index in [1.54, 1.807) is 0 Å². The van der Waals surface area contributed by atoms with Crippen LogP contribution in [0.2, 0.25) is 0 Å². The first-order chi connectivity index (χ1) is 10.0. The largest absolute Gasteiger partial charge is 0.481 e. The van der Waals surface area contributed by atoms with Gasteiger partial charge in [-0.25, -0.2) is 0 Å². The van der Waals surface area contributed by atoms with Gasteiger partial charge in [-0.2, -0.15) is 0 Å². The van der Waals surface area contributed by atoms with Crippen LogP contribution in [0.25, 0.3) is 0 Å². The molecule has 0 radical (unpaired) electrons. The number of carboxylic acids is 1. The van der Waals surface area contributed by atoms with Gasteiger partial charge in [-0.3, -0.25) is 14.4 Å². The number of aliphatic carboxylic acids is 1. The number of nitrogens with one attached hydrogen (secondary N) is 1. The van der Waals surface area contributed by atoms with Gasteiger partial charge >= 0.3 is 5.97 Å². The van der Waals surface area contributed by atoms with Gasteiger partial charge in [0.1, 0.15) is 0 Å². The van der Waals surface area contributed by atoms with Gasteiger partial charge in [-0.05, 0) is 25.7 Å². The molecule has 0 aromatic rings. The standard InChI is InChI=1S/C15H26N2O4/c1-3-8-16-13(18)10-17(9-4-2)14(19)11-6-5-7-12(11)15(20)21/h11-12H,3-10H2,1-2H3,(H,16,18)(H,20,21)/t11-,12+/m1/s1. The van der Waals surface area contributed by atoms with Gasteiger partial charge in [0.2, 0.25) is 11.8 Å². The van der Waals surface area contributed by atoms with Crippen LogP contribution in [0.3, 0.4) is 0 Å². The maximum absolute atomic E-state index is 12.5. The molecule has 0 aliphatic heterocycles. The SMILES string of the molecule is CCCNC(=O)CN(CCC)C(=O)[C@@H]1CCC[C@@H]1C(=O)O. The Hall–Kier alpha value is -1.59. The Morgan fingerprint density at radius 2 is 1.81 bits per heavy atom. The molecule has 6 nitrogen and oxygen atoms in total. The van der Waals surface area contributed by atoms with Crippen LogP contribution in [0.5, 0.6) is 0 Å². The minimum absolute atomic E-state index is 0.0233. The molecule has 2 amide bonds. The third-order valence-electron chi connectivity index (χ3n) is 3.86. The zero-order valence-corrected chi connectivity index (χ0v) is 12.9.